The first-order valence-electron chi connectivity index (χ1n) is 9.73. The van der Waals surface area contributed by atoms with Crippen LogP contribution >= 0.6 is 0 Å². The van der Waals surface area contributed by atoms with Crippen molar-refractivity contribution >= 4 is 22.7 Å². The summed E-state index contributed by atoms with van der Waals surface area (Å²) in [5.41, 5.74) is 2.85. The van der Waals surface area contributed by atoms with Gasteiger partial charge in [0.15, 0.2) is 17.1 Å². The molecule has 8 heteroatoms. The predicted octanol–water partition coefficient (Wildman–Crippen LogP) is 4.78. The van der Waals surface area contributed by atoms with E-state index in [1.54, 1.807) is 37.4 Å². The topological polar surface area (TPSA) is 92.1 Å². The third kappa shape index (κ3) is 3.90. The molecule has 1 aromatic heterocycles. The molecule has 164 valence electrons. The lowest BCUT2D eigenvalue weighted by atomic mass is 10.1. The van der Waals surface area contributed by atoms with Gasteiger partial charge in [0.1, 0.15) is 11.3 Å². The summed E-state index contributed by atoms with van der Waals surface area (Å²) in [7, 11) is 6.09. The average Bonchev–Trinajstić information content (AvgIpc) is 3.26. The van der Waals surface area contributed by atoms with Crippen molar-refractivity contribution in [2.24, 2.45) is 0 Å². The van der Waals surface area contributed by atoms with Crippen LogP contribution in [0.1, 0.15) is 10.4 Å². The van der Waals surface area contributed by atoms with E-state index < -0.39 is 0 Å². The van der Waals surface area contributed by atoms with E-state index >= 15 is 0 Å². The number of methoxy groups -OCH3 is 4. The van der Waals surface area contributed by atoms with Crippen molar-refractivity contribution in [1.29, 1.82) is 0 Å². The van der Waals surface area contributed by atoms with Crippen LogP contribution in [0.2, 0.25) is 0 Å². The van der Waals surface area contributed by atoms with Crippen molar-refractivity contribution in [2.45, 2.75) is 0 Å². The van der Waals surface area contributed by atoms with Crippen molar-refractivity contribution in [3.63, 3.8) is 0 Å². The molecule has 0 aliphatic rings. The number of rotatable bonds is 7. The third-order valence-corrected chi connectivity index (χ3v) is 4.91. The van der Waals surface area contributed by atoms with E-state index in [2.05, 4.69) is 10.3 Å². The number of carbonyl (C=O) groups is 1. The van der Waals surface area contributed by atoms with Crippen molar-refractivity contribution in [1.82, 2.24) is 4.98 Å². The molecule has 0 saturated carbocycles. The van der Waals surface area contributed by atoms with Gasteiger partial charge in [-0.3, -0.25) is 4.79 Å². The standard InChI is InChI=1S/C24H22N2O6/c1-28-18-8-6-5-7-16(18)24-26-17-10-9-15(13-19(17)32-24)25-23(27)14-11-20(29-2)22(31-4)21(12-14)30-3/h5-13H,1-4H3,(H,25,27). The maximum Gasteiger partial charge on any atom is 0.255 e. The van der Waals surface area contributed by atoms with Gasteiger partial charge in [0.25, 0.3) is 5.91 Å². The number of hydrogen-bond donors (Lipinski definition) is 1. The van der Waals surface area contributed by atoms with Crippen molar-refractivity contribution in [3.05, 3.63) is 60.2 Å². The third-order valence-electron chi connectivity index (χ3n) is 4.91. The highest BCUT2D eigenvalue weighted by molar-refractivity contribution is 6.05. The molecule has 0 aliphatic heterocycles. The number of ether oxygens (including phenoxy) is 4. The smallest absolute Gasteiger partial charge is 0.255 e. The number of amides is 1. The zero-order valence-corrected chi connectivity index (χ0v) is 18.1. The second-order valence-electron chi connectivity index (χ2n) is 6.77. The maximum atomic E-state index is 12.9. The molecule has 0 saturated heterocycles. The van der Waals surface area contributed by atoms with Crippen molar-refractivity contribution < 1.29 is 28.2 Å². The minimum atomic E-state index is -0.340. The van der Waals surface area contributed by atoms with E-state index in [4.69, 9.17) is 23.4 Å². The summed E-state index contributed by atoms with van der Waals surface area (Å²) in [4.78, 5) is 17.4. The zero-order chi connectivity index (χ0) is 22.7. The van der Waals surface area contributed by atoms with Crippen LogP contribution in [0.5, 0.6) is 23.0 Å². The van der Waals surface area contributed by atoms with Gasteiger partial charge < -0.3 is 28.7 Å². The van der Waals surface area contributed by atoms with Gasteiger partial charge in [0.05, 0.1) is 34.0 Å². The summed E-state index contributed by atoms with van der Waals surface area (Å²) in [5, 5.41) is 2.86. The quantitative estimate of drug-likeness (QED) is 0.447. The number of carbonyl (C=O) groups excluding carboxylic acids is 1. The van der Waals surface area contributed by atoms with Gasteiger partial charge in [-0.05, 0) is 36.4 Å². The molecule has 0 fully saturated rings. The zero-order valence-electron chi connectivity index (χ0n) is 18.1. The largest absolute Gasteiger partial charge is 0.496 e. The first kappa shape index (κ1) is 21.0. The molecule has 32 heavy (non-hydrogen) atoms. The second-order valence-corrected chi connectivity index (χ2v) is 6.77. The average molecular weight is 434 g/mol. The summed E-state index contributed by atoms with van der Waals surface area (Å²) in [6, 6.07) is 15.9. The number of hydrogen-bond acceptors (Lipinski definition) is 7. The lowest BCUT2D eigenvalue weighted by molar-refractivity contribution is 0.102. The molecule has 4 rings (SSSR count). The molecule has 0 bridgehead atoms. The van der Waals surface area contributed by atoms with Crippen LogP contribution in [-0.4, -0.2) is 39.3 Å². The number of aromatic nitrogens is 1. The van der Waals surface area contributed by atoms with Gasteiger partial charge in [-0.25, -0.2) is 4.98 Å². The van der Waals surface area contributed by atoms with Crippen molar-refractivity contribution in [3.8, 4) is 34.5 Å². The van der Waals surface area contributed by atoms with Gasteiger partial charge in [0, 0.05) is 17.3 Å². The molecule has 8 nitrogen and oxygen atoms in total. The predicted molar refractivity (Wildman–Crippen MR) is 120 cm³/mol. The fourth-order valence-electron chi connectivity index (χ4n) is 3.35. The Kier molecular flexibility index (Phi) is 5.85. The first-order valence-corrected chi connectivity index (χ1v) is 9.73. The lowest BCUT2D eigenvalue weighted by Gasteiger charge is -2.14. The number of benzene rings is 3. The lowest BCUT2D eigenvalue weighted by Crippen LogP contribution is -2.12. The van der Waals surface area contributed by atoms with E-state index in [-0.39, 0.29) is 5.91 Å². The highest BCUT2D eigenvalue weighted by Crippen LogP contribution is 2.38. The second kappa shape index (κ2) is 8.89. The SMILES string of the molecule is COc1ccccc1-c1nc2ccc(NC(=O)c3cc(OC)c(OC)c(OC)c3)cc2o1. The van der Waals surface area contributed by atoms with E-state index in [1.807, 2.05) is 24.3 Å². The molecule has 1 heterocycles. The fourth-order valence-corrected chi connectivity index (χ4v) is 3.35. The minimum absolute atomic E-state index is 0.340. The van der Waals surface area contributed by atoms with Crippen LogP contribution in [0, 0.1) is 0 Å². The summed E-state index contributed by atoms with van der Waals surface area (Å²) in [5.74, 6) is 1.96. The molecule has 3 aromatic carbocycles. The molecule has 4 aromatic rings. The number of fused-ring (bicyclic) bond motifs is 1. The summed E-state index contributed by atoms with van der Waals surface area (Å²) in [6.07, 6.45) is 0. The van der Waals surface area contributed by atoms with E-state index in [9.17, 15) is 4.79 Å². The molecule has 0 unspecified atom stereocenters. The molecule has 0 spiro atoms. The molecular formula is C24H22N2O6. The Balaban J connectivity index is 1.63. The summed E-state index contributed by atoms with van der Waals surface area (Å²) >= 11 is 0. The monoisotopic (exact) mass is 434 g/mol. The summed E-state index contributed by atoms with van der Waals surface area (Å²) < 4.78 is 27.3. The van der Waals surface area contributed by atoms with Crippen LogP contribution in [0.25, 0.3) is 22.6 Å². The number of anilines is 1. The van der Waals surface area contributed by atoms with Crippen LogP contribution in [0.3, 0.4) is 0 Å². The van der Waals surface area contributed by atoms with Crippen LogP contribution < -0.4 is 24.3 Å². The van der Waals surface area contributed by atoms with Gasteiger partial charge >= 0.3 is 0 Å². The van der Waals surface area contributed by atoms with Gasteiger partial charge in [0.2, 0.25) is 11.6 Å². The van der Waals surface area contributed by atoms with Crippen LogP contribution in [-0.2, 0) is 0 Å². The summed E-state index contributed by atoms with van der Waals surface area (Å²) in [6.45, 7) is 0. The minimum Gasteiger partial charge on any atom is -0.496 e. The highest BCUT2D eigenvalue weighted by Gasteiger charge is 2.18. The first-order chi connectivity index (χ1) is 15.6. The molecule has 0 aliphatic carbocycles. The highest BCUT2D eigenvalue weighted by atomic mass is 16.5. The Hall–Kier alpha value is -4.20. The number of oxazole rings is 1. The normalized spacial score (nSPS) is 10.6. The van der Waals surface area contributed by atoms with E-state index in [1.165, 1.54) is 21.3 Å². The van der Waals surface area contributed by atoms with Crippen molar-refractivity contribution in [2.75, 3.05) is 33.8 Å². The van der Waals surface area contributed by atoms with Gasteiger partial charge in [-0.15, -0.1) is 0 Å². The van der Waals surface area contributed by atoms with E-state index in [0.29, 0.717) is 51.2 Å². The molecule has 1 amide bonds. The van der Waals surface area contributed by atoms with Gasteiger partial charge in [-0.2, -0.15) is 0 Å². The van der Waals surface area contributed by atoms with Crippen LogP contribution in [0.4, 0.5) is 5.69 Å². The Morgan fingerprint density at radius 2 is 1.53 bits per heavy atom. The molecular weight excluding hydrogens is 412 g/mol. The van der Waals surface area contributed by atoms with Crippen LogP contribution in [0.15, 0.2) is 59.0 Å². The Morgan fingerprint density at radius 1 is 0.844 bits per heavy atom. The van der Waals surface area contributed by atoms with Gasteiger partial charge in [-0.1, -0.05) is 12.1 Å². The Labute approximate surface area is 184 Å². The number of nitrogens with one attached hydrogen (secondary N) is 1. The number of para-hydroxylation sites is 1. The molecule has 0 radical (unpaired) electrons. The fraction of sp³-hybridized carbons (Fsp3) is 0.167. The molecule has 0 atom stereocenters. The Morgan fingerprint density at radius 3 is 2.19 bits per heavy atom. The number of nitrogens with zero attached hydrogens (tertiary/aromatic N) is 1. The van der Waals surface area contributed by atoms with E-state index in [0.717, 1.165) is 5.56 Å². The Bertz CT molecular complexity index is 1260. The molecule has 1 N–H and O–H groups in total. The maximum absolute atomic E-state index is 12.9.